The fourth-order valence-corrected chi connectivity index (χ4v) is 2.04. The maximum atomic E-state index is 12.3. The van der Waals surface area contributed by atoms with Crippen molar-refractivity contribution in [2.75, 3.05) is 5.32 Å². The number of aromatic nitrogens is 1. The summed E-state index contributed by atoms with van der Waals surface area (Å²) >= 11 is 0.562. The lowest BCUT2D eigenvalue weighted by atomic mass is 10.7. The molecule has 1 heterocycles. The summed E-state index contributed by atoms with van der Waals surface area (Å²) in [5.41, 5.74) is 0. The summed E-state index contributed by atoms with van der Waals surface area (Å²) in [6.07, 6.45) is 1.08. The third kappa shape index (κ3) is 2.74. The predicted molar refractivity (Wildman–Crippen MR) is 44.7 cm³/mol. The molecule has 8 heteroatoms. The number of halogens is 1. The SMILES string of the molecule is CC(=O)Nc1cnc(S(=O)(=O)F)s1. The molecule has 0 fully saturated rings. The number of nitrogens with one attached hydrogen (secondary N) is 1. The number of hydrogen-bond acceptors (Lipinski definition) is 5. The summed E-state index contributed by atoms with van der Waals surface area (Å²) in [5, 5.41) is 2.48. The Morgan fingerprint density at radius 2 is 2.31 bits per heavy atom. The maximum absolute atomic E-state index is 12.3. The van der Waals surface area contributed by atoms with Crippen molar-refractivity contribution in [3.63, 3.8) is 0 Å². The van der Waals surface area contributed by atoms with Gasteiger partial charge in [0.15, 0.2) is 0 Å². The number of hydrogen-bond donors (Lipinski definition) is 1. The molecule has 13 heavy (non-hydrogen) atoms. The molecule has 0 atom stereocenters. The van der Waals surface area contributed by atoms with Crippen LogP contribution in [0.1, 0.15) is 6.92 Å². The zero-order valence-electron chi connectivity index (χ0n) is 6.44. The maximum Gasteiger partial charge on any atom is 0.359 e. The third-order valence-electron chi connectivity index (χ3n) is 0.992. The van der Waals surface area contributed by atoms with Gasteiger partial charge in [0, 0.05) is 6.92 Å². The first-order valence-electron chi connectivity index (χ1n) is 3.07. The minimum absolute atomic E-state index is 0.198. The Balaban J connectivity index is 2.94. The van der Waals surface area contributed by atoms with Crippen LogP contribution in [0.25, 0.3) is 0 Å². The van der Waals surface area contributed by atoms with Crippen molar-refractivity contribution in [1.29, 1.82) is 0 Å². The van der Waals surface area contributed by atoms with Crippen LogP contribution in [0.5, 0.6) is 0 Å². The molecular formula is C5H5FN2O3S2. The second kappa shape index (κ2) is 3.38. The van der Waals surface area contributed by atoms with Crippen molar-refractivity contribution >= 4 is 32.5 Å². The zero-order valence-corrected chi connectivity index (χ0v) is 8.08. The van der Waals surface area contributed by atoms with Crippen molar-refractivity contribution in [2.24, 2.45) is 0 Å². The number of rotatable bonds is 2. The van der Waals surface area contributed by atoms with Gasteiger partial charge < -0.3 is 5.32 Å². The first-order chi connectivity index (χ1) is 5.89. The molecule has 0 aromatic carbocycles. The van der Waals surface area contributed by atoms with Crippen LogP contribution >= 0.6 is 11.3 Å². The van der Waals surface area contributed by atoms with Crippen LogP contribution in [-0.2, 0) is 15.0 Å². The Labute approximate surface area is 77.8 Å². The van der Waals surface area contributed by atoms with Crippen LogP contribution in [0.15, 0.2) is 10.5 Å². The fourth-order valence-electron chi connectivity index (χ4n) is 0.602. The summed E-state index contributed by atoms with van der Waals surface area (Å²) in [5.74, 6) is -0.369. The normalized spacial score (nSPS) is 11.2. The summed E-state index contributed by atoms with van der Waals surface area (Å²) in [6, 6.07) is 0. The lowest BCUT2D eigenvalue weighted by molar-refractivity contribution is -0.114. The Morgan fingerprint density at radius 1 is 1.69 bits per heavy atom. The van der Waals surface area contributed by atoms with Crippen molar-refractivity contribution in [3.8, 4) is 0 Å². The highest BCUT2D eigenvalue weighted by Crippen LogP contribution is 2.23. The molecule has 0 aliphatic rings. The average molecular weight is 224 g/mol. The van der Waals surface area contributed by atoms with Gasteiger partial charge in [-0.25, -0.2) is 4.98 Å². The van der Waals surface area contributed by atoms with Gasteiger partial charge in [0.2, 0.25) is 10.2 Å². The summed E-state index contributed by atoms with van der Waals surface area (Å²) in [7, 11) is -4.76. The molecule has 72 valence electrons. The highest BCUT2D eigenvalue weighted by atomic mass is 32.3. The molecule has 0 spiro atoms. The molecule has 1 aromatic heterocycles. The van der Waals surface area contributed by atoms with E-state index in [1.54, 1.807) is 0 Å². The number of nitrogens with zero attached hydrogens (tertiary/aromatic N) is 1. The number of carbonyl (C=O) groups excluding carboxylic acids is 1. The molecule has 1 amide bonds. The van der Waals surface area contributed by atoms with Crippen LogP contribution in [0.4, 0.5) is 8.89 Å². The van der Waals surface area contributed by atoms with E-state index in [2.05, 4.69) is 10.3 Å². The van der Waals surface area contributed by atoms with Crippen molar-refractivity contribution < 1.29 is 17.1 Å². The van der Waals surface area contributed by atoms with Crippen LogP contribution in [0.3, 0.4) is 0 Å². The van der Waals surface area contributed by atoms with E-state index in [0.717, 1.165) is 6.20 Å². The molecule has 0 saturated heterocycles. The van der Waals surface area contributed by atoms with E-state index in [9.17, 15) is 17.1 Å². The topological polar surface area (TPSA) is 76.1 Å². The van der Waals surface area contributed by atoms with Crippen LogP contribution in [-0.4, -0.2) is 19.3 Å². The minimum Gasteiger partial charge on any atom is -0.317 e. The molecule has 1 aromatic rings. The lowest BCUT2D eigenvalue weighted by Gasteiger charge is -1.92. The van der Waals surface area contributed by atoms with Gasteiger partial charge in [-0.2, -0.15) is 8.42 Å². The highest BCUT2D eigenvalue weighted by Gasteiger charge is 2.17. The van der Waals surface area contributed by atoms with Gasteiger partial charge in [0.05, 0.1) is 6.20 Å². The smallest absolute Gasteiger partial charge is 0.317 e. The second-order valence-electron chi connectivity index (χ2n) is 2.11. The van der Waals surface area contributed by atoms with Gasteiger partial charge in [-0.3, -0.25) is 4.79 Å². The predicted octanol–water partition coefficient (Wildman–Crippen LogP) is 0.760. The number of amides is 1. The van der Waals surface area contributed by atoms with E-state index in [4.69, 9.17) is 0 Å². The molecule has 0 unspecified atom stereocenters. The van der Waals surface area contributed by atoms with Crippen molar-refractivity contribution in [2.45, 2.75) is 11.3 Å². The van der Waals surface area contributed by atoms with Crippen molar-refractivity contribution in [3.05, 3.63) is 6.20 Å². The van der Waals surface area contributed by atoms with Gasteiger partial charge in [0.25, 0.3) is 0 Å². The molecule has 0 aliphatic heterocycles. The quantitative estimate of drug-likeness (QED) is 0.752. The Hall–Kier alpha value is -1.02. The summed E-state index contributed by atoms with van der Waals surface area (Å²) in [4.78, 5) is 13.8. The number of carbonyl (C=O) groups is 1. The van der Waals surface area contributed by atoms with Gasteiger partial charge in [-0.05, 0) is 0 Å². The standard InChI is InChI=1S/C5H5FN2O3S2/c1-3(9)8-4-2-7-5(12-4)13(6,10)11/h2H,1H3,(H,8,9). The van der Waals surface area contributed by atoms with Crippen LogP contribution in [0, 0.1) is 0 Å². The Morgan fingerprint density at radius 3 is 2.69 bits per heavy atom. The average Bonchev–Trinajstić information content (AvgIpc) is 2.32. The largest absolute Gasteiger partial charge is 0.359 e. The fraction of sp³-hybridized carbons (Fsp3) is 0.200. The van der Waals surface area contributed by atoms with Crippen LogP contribution in [0.2, 0.25) is 0 Å². The van der Waals surface area contributed by atoms with E-state index in [-0.39, 0.29) is 10.9 Å². The zero-order chi connectivity index (χ0) is 10.1. The van der Waals surface area contributed by atoms with Crippen LogP contribution < -0.4 is 5.32 Å². The number of anilines is 1. The third-order valence-corrected chi connectivity index (χ3v) is 3.07. The first-order valence-corrected chi connectivity index (χ1v) is 5.27. The van der Waals surface area contributed by atoms with Gasteiger partial charge >= 0.3 is 10.2 Å². The van der Waals surface area contributed by atoms with E-state index in [1.165, 1.54) is 6.92 Å². The molecule has 1 rings (SSSR count). The highest BCUT2D eigenvalue weighted by molar-refractivity contribution is 7.88. The van der Waals surface area contributed by atoms with Gasteiger partial charge in [-0.15, -0.1) is 0 Å². The summed E-state index contributed by atoms with van der Waals surface area (Å²) in [6.45, 7) is 1.25. The summed E-state index contributed by atoms with van der Waals surface area (Å²) < 4.78 is 32.2. The molecule has 0 bridgehead atoms. The van der Waals surface area contributed by atoms with Gasteiger partial charge in [-0.1, -0.05) is 15.2 Å². The van der Waals surface area contributed by atoms with E-state index in [1.807, 2.05) is 0 Å². The minimum atomic E-state index is -4.76. The molecule has 5 nitrogen and oxygen atoms in total. The molecule has 0 radical (unpaired) electrons. The van der Waals surface area contributed by atoms with Crippen molar-refractivity contribution in [1.82, 2.24) is 4.98 Å². The first kappa shape index (κ1) is 10.1. The van der Waals surface area contributed by atoms with E-state index >= 15 is 0 Å². The Bertz CT molecular complexity index is 425. The van der Waals surface area contributed by atoms with E-state index in [0.29, 0.717) is 11.3 Å². The molecular weight excluding hydrogens is 219 g/mol. The van der Waals surface area contributed by atoms with Gasteiger partial charge in [0.1, 0.15) is 5.00 Å². The molecule has 0 aliphatic carbocycles. The van der Waals surface area contributed by atoms with E-state index < -0.39 is 14.6 Å². The molecule has 0 saturated carbocycles. The molecule has 1 N–H and O–H groups in total. The second-order valence-corrected chi connectivity index (χ2v) is 4.66. The Kier molecular flexibility index (Phi) is 2.62. The number of thiazole rings is 1. The monoisotopic (exact) mass is 224 g/mol. The lowest BCUT2D eigenvalue weighted by Crippen LogP contribution is -2.03.